The Morgan fingerprint density at radius 1 is 1.02 bits per heavy atom. The number of carbonyl (C=O) groups excluding carboxylic acids is 1. The molecule has 3 aromatic carbocycles. The lowest BCUT2D eigenvalue weighted by Crippen LogP contribution is -2.25. The van der Waals surface area contributed by atoms with E-state index in [-0.39, 0.29) is 12.5 Å². The van der Waals surface area contributed by atoms with Gasteiger partial charge in [0.05, 0.1) is 38.4 Å². The molecule has 40 heavy (non-hydrogen) atoms. The van der Waals surface area contributed by atoms with Crippen molar-refractivity contribution in [2.45, 2.75) is 13.3 Å². The maximum Gasteiger partial charge on any atom is 0.262 e. The molecule has 9 nitrogen and oxygen atoms in total. The highest BCUT2D eigenvalue weighted by Crippen LogP contribution is 2.38. The highest BCUT2D eigenvalue weighted by Gasteiger charge is 2.19. The van der Waals surface area contributed by atoms with E-state index in [4.69, 9.17) is 29.0 Å². The maximum absolute atomic E-state index is 11.9. The van der Waals surface area contributed by atoms with E-state index in [0.29, 0.717) is 35.2 Å². The van der Waals surface area contributed by atoms with Gasteiger partial charge in [-0.15, -0.1) is 11.3 Å². The van der Waals surface area contributed by atoms with E-state index in [1.165, 1.54) is 16.9 Å². The first kappa shape index (κ1) is 27.0. The van der Waals surface area contributed by atoms with E-state index >= 15 is 0 Å². The van der Waals surface area contributed by atoms with Gasteiger partial charge >= 0.3 is 0 Å². The average molecular weight is 559 g/mol. The highest BCUT2D eigenvalue weighted by molar-refractivity contribution is 7.07. The molecule has 1 amide bonds. The number of methoxy groups -OCH3 is 3. The van der Waals surface area contributed by atoms with Crippen LogP contribution in [0.4, 0.5) is 5.69 Å². The smallest absolute Gasteiger partial charge is 0.262 e. The van der Waals surface area contributed by atoms with Crippen LogP contribution in [-0.2, 0) is 11.2 Å². The fraction of sp³-hybridized carbons (Fsp3) is 0.233. The van der Waals surface area contributed by atoms with Gasteiger partial charge in [0, 0.05) is 23.1 Å². The summed E-state index contributed by atoms with van der Waals surface area (Å²) in [5.41, 5.74) is 5.07. The second kappa shape index (κ2) is 12.1. The molecule has 0 radical (unpaired) electrons. The van der Waals surface area contributed by atoms with Crippen LogP contribution in [0.2, 0.25) is 0 Å². The summed E-state index contributed by atoms with van der Waals surface area (Å²) >= 11 is 1.50. The van der Waals surface area contributed by atoms with E-state index in [9.17, 15) is 4.79 Å². The Labute approximate surface area is 236 Å². The first-order valence-corrected chi connectivity index (χ1v) is 13.6. The van der Waals surface area contributed by atoms with Gasteiger partial charge in [-0.3, -0.25) is 9.79 Å². The molecule has 0 saturated heterocycles. The molecule has 4 aromatic rings. The van der Waals surface area contributed by atoms with E-state index in [2.05, 4.69) is 17.4 Å². The van der Waals surface area contributed by atoms with Crippen LogP contribution in [-0.4, -0.2) is 50.8 Å². The zero-order chi connectivity index (χ0) is 28.1. The summed E-state index contributed by atoms with van der Waals surface area (Å²) in [5.74, 6) is 2.05. The van der Waals surface area contributed by atoms with Gasteiger partial charge in [0.15, 0.2) is 18.1 Å². The summed E-state index contributed by atoms with van der Waals surface area (Å²) in [6.45, 7) is 2.54. The third kappa shape index (κ3) is 5.72. The lowest BCUT2D eigenvalue weighted by molar-refractivity contribution is -0.118. The number of fused-ring (bicyclic) bond motifs is 1. The van der Waals surface area contributed by atoms with Crippen molar-refractivity contribution in [2.24, 2.45) is 10.1 Å². The number of thiazole rings is 1. The molecule has 1 N–H and O–H groups in total. The summed E-state index contributed by atoms with van der Waals surface area (Å²) in [6, 6.07) is 19.7. The number of nitrogens with zero attached hydrogens (tertiary/aromatic N) is 3. The molecule has 0 saturated carbocycles. The predicted octanol–water partition coefficient (Wildman–Crippen LogP) is 4.99. The van der Waals surface area contributed by atoms with Crippen LogP contribution in [0.15, 0.2) is 76.1 Å². The number of carbonyl (C=O) groups is 1. The Hall–Kier alpha value is -4.57. The number of aromatic nitrogens is 1. The summed E-state index contributed by atoms with van der Waals surface area (Å²) < 4.78 is 24.0. The van der Waals surface area contributed by atoms with Gasteiger partial charge in [0.1, 0.15) is 5.75 Å². The largest absolute Gasteiger partial charge is 0.493 e. The SMILES string of the molecule is COc1cc(C(C)=Nn2c(-c3ccc4c(c3)NC(=O)CO4)csc2=NCCc2ccccc2)cc(OC)c1OC. The fourth-order valence-electron chi connectivity index (χ4n) is 4.37. The monoisotopic (exact) mass is 558 g/mol. The number of ether oxygens (including phenoxy) is 4. The number of amides is 1. The molecule has 0 spiro atoms. The highest BCUT2D eigenvalue weighted by atomic mass is 32.1. The van der Waals surface area contributed by atoms with Crippen molar-refractivity contribution in [2.75, 3.05) is 39.8 Å². The minimum absolute atomic E-state index is 0.00745. The molecular weight excluding hydrogens is 528 g/mol. The summed E-state index contributed by atoms with van der Waals surface area (Å²) in [7, 11) is 4.74. The molecule has 0 fully saturated rings. The van der Waals surface area contributed by atoms with Crippen LogP contribution in [0.1, 0.15) is 18.1 Å². The van der Waals surface area contributed by atoms with Crippen molar-refractivity contribution in [1.29, 1.82) is 0 Å². The third-order valence-corrected chi connectivity index (χ3v) is 7.27. The van der Waals surface area contributed by atoms with E-state index in [1.807, 2.05) is 65.5 Å². The minimum atomic E-state index is -0.185. The van der Waals surface area contributed by atoms with Gasteiger partial charge in [-0.2, -0.15) is 5.10 Å². The molecule has 0 bridgehead atoms. The van der Waals surface area contributed by atoms with E-state index < -0.39 is 0 Å². The van der Waals surface area contributed by atoms with Crippen LogP contribution in [0.3, 0.4) is 0 Å². The van der Waals surface area contributed by atoms with Crippen molar-refractivity contribution in [1.82, 2.24) is 4.68 Å². The van der Waals surface area contributed by atoms with Gasteiger partial charge in [0.25, 0.3) is 5.91 Å². The van der Waals surface area contributed by atoms with E-state index in [0.717, 1.165) is 33.8 Å². The van der Waals surface area contributed by atoms with Crippen molar-refractivity contribution >= 4 is 28.6 Å². The zero-order valence-electron chi connectivity index (χ0n) is 22.8. The van der Waals surface area contributed by atoms with Gasteiger partial charge in [-0.05, 0) is 49.2 Å². The molecule has 0 unspecified atom stereocenters. The molecular formula is C30H30N4O5S. The molecule has 0 aliphatic carbocycles. The van der Waals surface area contributed by atoms with Crippen molar-refractivity contribution in [3.05, 3.63) is 82.0 Å². The van der Waals surface area contributed by atoms with Gasteiger partial charge in [-0.25, -0.2) is 4.68 Å². The van der Waals surface area contributed by atoms with Gasteiger partial charge in [-0.1, -0.05) is 30.3 Å². The second-order valence-electron chi connectivity index (χ2n) is 8.98. The first-order chi connectivity index (χ1) is 19.5. The standard InChI is InChI=1S/C30H30N4O5S/c1-19(22-15-26(36-2)29(38-4)27(16-22)37-3)33-34-24(21-10-11-25-23(14-21)32-28(35)17-39-25)18-40-30(34)31-13-12-20-8-6-5-7-9-20/h5-11,14-16,18H,12-13,17H2,1-4H3,(H,32,35). The second-order valence-corrected chi connectivity index (χ2v) is 9.82. The quantitative estimate of drug-likeness (QED) is 0.292. The van der Waals surface area contributed by atoms with Crippen molar-refractivity contribution in [3.63, 3.8) is 0 Å². The molecule has 1 aliphatic heterocycles. The maximum atomic E-state index is 11.9. The third-order valence-electron chi connectivity index (χ3n) is 6.42. The van der Waals surface area contributed by atoms with Crippen LogP contribution in [0.25, 0.3) is 11.3 Å². The van der Waals surface area contributed by atoms with Crippen LogP contribution in [0.5, 0.6) is 23.0 Å². The van der Waals surface area contributed by atoms with Crippen LogP contribution < -0.4 is 29.1 Å². The number of hydrogen-bond donors (Lipinski definition) is 1. The lowest BCUT2D eigenvalue weighted by Gasteiger charge is -2.18. The molecule has 0 atom stereocenters. The lowest BCUT2D eigenvalue weighted by atomic mass is 10.1. The van der Waals surface area contributed by atoms with E-state index in [1.54, 1.807) is 21.3 Å². The summed E-state index contributed by atoms with van der Waals surface area (Å²) in [5, 5.41) is 9.90. The zero-order valence-corrected chi connectivity index (χ0v) is 23.6. The Kier molecular flexibility index (Phi) is 8.16. The van der Waals surface area contributed by atoms with Gasteiger partial charge in [0.2, 0.25) is 10.6 Å². The van der Waals surface area contributed by atoms with Crippen LogP contribution >= 0.6 is 11.3 Å². The topological polar surface area (TPSA) is 95.7 Å². The number of rotatable bonds is 9. The number of anilines is 1. The van der Waals surface area contributed by atoms with Gasteiger partial charge < -0.3 is 24.3 Å². The van der Waals surface area contributed by atoms with Crippen molar-refractivity contribution in [3.8, 4) is 34.3 Å². The summed E-state index contributed by atoms with van der Waals surface area (Å²) in [4.78, 5) is 17.6. The Morgan fingerprint density at radius 3 is 2.48 bits per heavy atom. The summed E-state index contributed by atoms with van der Waals surface area (Å²) in [6.07, 6.45) is 0.811. The first-order valence-electron chi connectivity index (χ1n) is 12.7. The Morgan fingerprint density at radius 2 is 1.77 bits per heavy atom. The average Bonchev–Trinajstić information content (AvgIpc) is 3.38. The fourth-order valence-corrected chi connectivity index (χ4v) is 5.23. The molecule has 10 heteroatoms. The molecule has 1 aliphatic rings. The predicted molar refractivity (Wildman–Crippen MR) is 156 cm³/mol. The minimum Gasteiger partial charge on any atom is -0.493 e. The molecule has 5 rings (SSSR count). The number of nitrogens with one attached hydrogen (secondary N) is 1. The molecule has 1 aromatic heterocycles. The van der Waals surface area contributed by atoms with Crippen molar-refractivity contribution < 1.29 is 23.7 Å². The van der Waals surface area contributed by atoms with Crippen LogP contribution in [0, 0.1) is 0 Å². The normalized spacial score (nSPS) is 13.3. The number of hydrogen-bond acceptors (Lipinski definition) is 8. The Balaban J connectivity index is 1.59. The molecule has 2 heterocycles. The number of benzene rings is 3. The molecule has 206 valence electrons. The Bertz CT molecular complexity index is 1600.